The predicted molar refractivity (Wildman–Crippen MR) is 73.3 cm³/mol. The highest BCUT2D eigenvalue weighted by atomic mass is 16.5. The monoisotopic (exact) mass is 265 g/mol. The summed E-state index contributed by atoms with van der Waals surface area (Å²) in [6.45, 7) is 3.81. The van der Waals surface area contributed by atoms with Gasteiger partial charge >= 0.3 is 5.97 Å². The lowest BCUT2D eigenvalue weighted by molar-refractivity contribution is -0.149. The number of carbonyl (C=O) groups excluding carboxylic acids is 2. The van der Waals surface area contributed by atoms with Crippen LogP contribution in [0.3, 0.4) is 0 Å². The SMILES string of the molecule is CC#CC(=O)N(C)C1(CC(=O)OCC)CCCCC1. The van der Waals surface area contributed by atoms with Crippen LogP contribution in [0.5, 0.6) is 0 Å². The Bertz CT molecular complexity index is 386. The smallest absolute Gasteiger partial charge is 0.308 e. The molecule has 0 heterocycles. The average molecular weight is 265 g/mol. The van der Waals surface area contributed by atoms with E-state index in [0.29, 0.717) is 6.61 Å². The molecule has 0 atom stereocenters. The van der Waals surface area contributed by atoms with Crippen molar-refractivity contribution in [2.45, 2.75) is 57.9 Å². The average Bonchev–Trinajstić information content (AvgIpc) is 2.39. The van der Waals surface area contributed by atoms with Crippen LogP contribution in [-0.2, 0) is 14.3 Å². The van der Waals surface area contributed by atoms with Crippen molar-refractivity contribution in [2.75, 3.05) is 13.7 Å². The number of hydrogen-bond acceptors (Lipinski definition) is 3. The summed E-state index contributed by atoms with van der Waals surface area (Å²) in [6, 6.07) is 0. The Balaban J connectivity index is 2.87. The van der Waals surface area contributed by atoms with Crippen molar-refractivity contribution in [3.8, 4) is 11.8 Å². The Morgan fingerprint density at radius 3 is 2.42 bits per heavy atom. The largest absolute Gasteiger partial charge is 0.466 e. The number of ether oxygens (including phenoxy) is 1. The van der Waals surface area contributed by atoms with Crippen LogP contribution in [0.15, 0.2) is 0 Å². The molecule has 0 aromatic heterocycles. The summed E-state index contributed by atoms with van der Waals surface area (Å²) in [7, 11) is 1.75. The van der Waals surface area contributed by atoms with Gasteiger partial charge in [0.05, 0.1) is 18.6 Å². The normalized spacial score (nSPS) is 17.0. The zero-order valence-corrected chi connectivity index (χ0v) is 12.1. The topological polar surface area (TPSA) is 46.6 Å². The maximum Gasteiger partial charge on any atom is 0.308 e. The van der Waals surface area contributed by atoms with Gasteiger partial charge in [-0.3, -0.25) is 9.59 Å². The fraction of sp³-hybridized carbons (Fsp3) is 0.733. The lowest BCUT2D eigenvalue weighted by Crippen LogP contribution is -2.52. The Kier molecular flexibility index (Phi) is 5.88. The van der Waals surface area contributed by atoms with Crippen LogP contribution in [0.25, 0.3) is 0 Å². The predicted octanol–water partition coefficient (Wildman–Crippen LogP) is 2.12. The number of esters is 1. The molecule has 0 aromatic rings. The van der Waals surface area contributed by atoms with Crippen LogP contribution in [0.1, 0.15) is 52.4 Å². The first kappa shape index (κ1) is 15.6. The zero-order valence-electron chi connectivity index (χ0n) is 12.1. The molecule has 0 aromatic carbocycles. The minimum atomic E-state index is -0.411. The summed E-state index contributed by atoms with van der Waals surface area (Å²) in [4.78, 5) is 25.4. The van der Waals surface area contributed by atoms with E-state index in [1.165, 1.54) is 0 Å². The molecule has 19 heavy (non-hydrogen) atoms. The molecule has 1 amide bonds. The number of nitrogens with zero attached hydrogens (tertiary/aromatic N) is 1. The molecule has 0 radical (unpaired) electrons. The summed E-state index contributed by atoms with van der Waals surface area (Å²) in [5, 5.41) is 0. The summed E-state index contributed by atoms with van der Waals surface area (Å²) in [5.41, 5.74) is -0.411. The molecule has 0 saturated heterocycles. The molecule has 4 nitrogen and oxygen atoms in total. The van der Waals surface area contributed by atoms with Gasteiger partial charge in [-0.25, -0.2) is 0 Å². The van der Waals surface area contributed by atoms with Gasteiger partial charge in [0.25, 0.3) is 5.91 Å². The van der Waals surface area contributed by atoms with Gasteiger partial charge in [0.1, 0.15) is 0 Å². The van der Waals surface area contributed by atoms with Gasteiger partial charge in [0.15, 0.2) is 0 Å². The van der Waals surface area contributed by atoms with Crippen molar-refractivity contribution in [3.63, 3.8) is 0 Å². The first-order valence-corrected chi connectivity index (χ1v) is 6.92. The summed E-state index contributed by atoms with van der Waals surface area (Å²) in [6.07, 6.45) is 5.20. The highest BCUT2D eigenvalue weighted by Gasteiger charge is 2.40. The molecule has 1 fully saturated rings. The van der Waals surface area contributed by atoms with Gasteiger partial charge in [-0.15, -0.1) is 0 Å². The van der Waals surface area contributed by atoms with Gasteiger partial charge in [0, 0.05) is 7.05 Å². The summed E-state index contributed by atoms with van der Waals surface area (Å²) < 4.78 is 5.05. The molecule has 1 aliphatic carbocycles. The number of hydrogen-bond donors (Lipinski definition) is 0. The first-order chi connectivity index (χ1) is 9.05. The maximum atomic E-state index is 12.0. The van der Waals surface area contributed by atoms with E-state index in [9.17, 15) is 9.59 Å². The van der Waals surface area contributed by atoms with Crippen LogP contribution >= 0.6 is 0 Å². The van der Waals surface area contributed by atoms with E-state index < -0.39 is 5.54 Å². The fourth-order valence-corrected chi connectivity index (χ4v) is 2.73. The second-order valence-corrected chi connectivity index (χ2v) is 5.01. The number of rotatable bonds is 4. The summed E-state index contributed by atoms with van der Waals surface area (Å²) in [5.74, 6) is 4.74. The van der Waals surface area contributed by atoms with Crippen molar-refractivity contribution >= 4 is 11.9 Å². The lowest BCUT2D eigenvalue weighted by atomic mass is 9.78. The molecule has 1 saturated carbocycles. The third kappa shape index (κ3) is 3.99. The molecule has 1 aliphatic rings. The van der Waals surface area contributed by atoms with Crippen molar-refractivity contribution in [3.05, 3.63) is 0 Å². The van der Waals surface area contributed by atoms with Crippen molar-refractivity contribution in [1.82, 2.24) is 4.90 Å². The molecular formula is C15H23NO3. The van der Waals surface area contributed by atoms with Gasteiger partial charge in [-0.2, -0.15) is 0 Å². The Labute approximate surface area is 115 Å². The van der Waals surface area contributed by atoms with E-state index >= 15 is 0 Å². The van der Waals surface area contributed by atoms with E-state index in [1.807, 2.05) is 0 Å². The Hall–Kier alpha value is -1.50. The Morgan fingerprint density at radius 2 is 1.89 bits per heavy atom. The van der Waals surface area contributed by atoms with E-state index in [4.69, 9.17) is 4.74 Å². The van der Waals surface area contributed by atoms with Crippen molar-refractivity contribution < 1.29 is 14.3 Å². The van der Waals surface area contributed by atoms with Crippen molar-refractivity contribution in [2.24, 2.45) is 0 Å². The first-order valence-electron chi connectivity index (χ1n) is 6.92. The second kappa shape index (κ2) is 7.18. The molecule has 0 unspecified atom stereocenters. The molecule has 0 N–H and O–H groups in total. The van der Waals surface area contributed by atoms with E-state index in [2.05, 4.69) is 11.8 Å². The van der Waals surface area contributed by atoms with Crippen LogP contribution < -0.4 is 0 Å². The van der Waals surface area contributed by atoms with E-state index in [1.54, 1.807) is 25.8 Å². The third-order valence-corrected chi connectivity index (χ3v) is 3.81. The van der Waals surface area contributed by atoms with Crippen molar-refractivity contribution in [1.29, 1.82) is 0 Å². The quantitative estimate of drug-likeness (QED) is 0.578. The van der Waals surface area contributed by atoms with Gasteiger partial charge < -0.3 is 9.64 Å². The molecule has 4 heteroatoms. The highest BCUT2D eigenvalue weighted by molar-refractivity contribution is 5.94. The third-order valence-electron chi connectivity index (χ3n) is 3.81. The molecule has 0 bridgehead atoms. The molecular weight excluding hydrogens is 242 g/mol. The minimum Gasteiger partial charge on any atom is -0.466 e. The van der Waals surface area contributed by atoms with Gasteiger partial charge in [0.2, 0.25) is 0 Å². The summed E-state index contributed by atoms with van der Waals surface area (Å²) >= 11 is 0. The van der Waals surface area contributed by atoms with Crippen LogP contribution in [0.4, 0.5) is 0 Å². The molecule has 0 aliphatic heterocycles. The number of carbonyl (C=O) groups is 2. The van der Waals surface area contributed by atoms with E-state index in [-0.39, 0.29) is 18.3 Å². The van der Waals surface area contributed by atoms with Gasteiger partial charge in [-0.05, 0) is 32.6 Å². The standard InChI is InChI=1S/C15H23NO3/c1-4-9-13(17)16(3)15(10-7-6-8-11-15)12-14(18)19-5-2/h5-8,10-12H2,1-3H3. The molecule has 106 valence electrons. The fourth-order valence-electron chi connectivity index (χ4n) is 2.73. The molecule has 1 rings (SSSR count). The Morgan fingerprint density at radius 1 is 1.26 bits per heavy atom. The second-order valence-electron chi connectivity index (χ2n) is 5.01. The van der Waals surface area contributed by atoms with Crippen LogP contribution in [0, 0.1) is 11.8 Å². The van der Waals surface area contributed by atoms with Gasteiger partial charge in [-0.1, -0.05) is 25.2 Å². The maximum absolute atomic E-state index is 12.0. The van der Waals surface area contributed by atoms with E-state index in [0.717, 1.165) is 32.1 Å². The minimum absolute atomic E-state index is 0.214. The zero-order chi connectivity index (χ0) is 14.3. The van der Waals surface area contributed by atoms with Crippen LogP contribution in [0.2, 0.25) is 0 Å². The lowest BCUT2D eigenvalue weighted by Gasteiger charge is -2.43. The number of amides is 1. The van der Waals surface area contributed by atoms with Crippen LogP contribution in [-0.4, -0.2) is 36.0 Å². The highest BCUT2D eigenvalue weighted by Crippen LogP contribution is 2.36. The molecule has 0 spiro atoms.